The Morgan fingerprint density at radius 3 is 2.38 bits per heavy atom. The van der Waals surface area contributed by atoms with Gasteiger partial charge in [-0.15, -0.1) is 0 Å². The van der Waals surface area contributed by atoms with Gasteiger partial charge in [-0.2, -0.15) is 0 Å². The molecule has 0 aromatic heterocycles. The Hall–Kier alpha value is -0.610. The predicted molar refractivity (Wildman–Crippen MR) is 64.3 cm³/mol. The first kappa shape index (κ1) is 11.9. The Bertz CT molecular complexity index is 232. The molecule has 2 aliphatic heterocycles. The highest BCUT2D eigenvalue weighted by Gasteiger charge is 2.30. The zero-order chi connectivity index (χ0) is 11.4. The molecule has 0 saturated carbocycles. The van der Waals surface area contributed by atoms with Crippen LogP contribution in [0.25, 0.3) is 0 Å². The van der Waals surface area contributed by atoms with Crippen LogP contribution in [-0.2, 0) is 4.79 Å². The average molecular weight is 225 g/mol. The summed E-state index contributed by atoms with van der Waals surface area (Å²) in [7, 11) is 0. The van der Waals surface area contributed by atoms with Crippen molar-refractivity contribution in [3.8, 4) is 0 Å². The molecular formula is C12H23N3O. The van der Waals surface area contributed by atoms with Crippen LogP contribution in [0.15, 0.2) is 0 Å². The van der Waals surface area contributed by atoms with Crippen molar-refractivity contribution in [2.45, 2.75) is 32.2 Å². The molecule has 0 bridgehead atoms. The zero-order valence-electron chi connectivity index (χ0n) is 10.2. The van der Waals surface area contributed by atoms with E-state index in [1.54, 1.807) is 0 Å². The number of carbonyl (C=O) groups is 1. The molecule has 2 heterocycles. The van der Waals surface area contributed by atoms with E-state index in [2.05, 4.69) is 17.1 Å². The number of rotatable bonds is 3. The summed E-state index contributed by atoms with van der Waals surface area (Å²) in [6, 6.07) is 0.139. The Balaban J connectivity index is 1.93. The quantitative estimate of drug-likeness (QED) is 0.750. The normalized spacial score (nSPS) is 24.7. The summed E-state index contributed by atoms with van der Waals surface area (Å²) in [6.45, 7) is 7.99. The van der Waals surface area contributed by atoms with Crippen LogP contribution in [0, 0.1) is 0 Å². The Morgan fingerprint density at radius 1 is 1.19 bits per heavy atom. The first-order valence-electron chi connectivity index (χ1n) is 6.56. The van der Waals surface area contributed by atoms with Crippen molar-refractivity contribution in [3.05, 3.63) is 0 Å². The van der Waals surface area contributed by atoms with Gasteiger partial charge in [-0.25, -0.2) is 0 Å². The van der Waals surface area contributed by atoms with Crippen LogP contribution in [0.3, 0.4) is 0 Å². The lowest BCUT2D eigenvalue weighted by Crippen LogP contribution is -2.53. The molecule has 0 aromatic rings. The Kier molecular flexibility index (Phi) is 4.18. The summed E-state index contributed by atoms with van der Waals surface area (Å²) >= 11 is 0. The topological polar surface area (TPSA) is 35.6 Å². The molecule has 16 heavy (non-hydrogen) atoms. The average Bonchev–Trinajstić information content (AvgIpc) is 2.85. The number of hydrogen-bond acceptors (Lipinski definition) is 3. The second-order valence-electron chi connectivity index (χ2n) is 4.74. The number of nitrogens with one attached hydrogen (secondary N) is 1. The molecule has 0 spiro atoms. The molecule has 1 amide bonds. The minimum atomic E-state index is 0.139. The Morgan fingerprint density at radius 2 is 1.81 bits per heavy atom. The fourth-order valence-electron chi connectivity index (χ4n) is 2.74. The van der Waals surface area contributed by atoms with E-state index in [4.69, 9.17) is 0 Å². The van der Waals surface area contributed by atoms with Gasteiger partial charge < -0.3 is 10.2 Å². The second kappa shape index (κ2) is 5.64. The van der Waals surface area contributed by atoms with E-state index in [0.717, 1.165) is 45.7 Å². The minimum absolute atomic E-state index is 0.139. The molecule has 92 valence electrons. The van der Waals surface area contributed by atoms with Crippen LogP contribution in [0.5, 0.6) is 0 Å². The van der Waals surface area contributed by atoms with Gasteiger partial charge in [-0.3, -0.25) is 9.69 Å². The second-order valence-corrected chi connectivity index (χ2v) is 4.74. The molecular weight excluding hydrogens is 202 g/mol. The van der Waals surface area contributed by atoms with Crippen molar-refractivity contribution in [1.29, 1.82) is 0 Å². The molecule has 4 heteroatoms. The third-order valence-corrected chi connectivity index (χ3v) is 3.68. The highest BCUT2D eigenvalue weighted by atomic mass is 16.2. The summed E-state index contributed by atoms with van der Waals surface area (Å²) in [6.07, 6.45) is 3.46. The van der Waals surface area contributed by atoms with Crippen molar-refractivity contribution in [2.24, 2.45) is 0 Å². The molecule has 2 aliphatic rings. The number of piperazine rings is 1. The van der Waals surface area contributed by atoms with E-state index in [0.29, 0.717) is 5.91 Å². The minimum Gasteiger partial charge on any atom is -0.339 e. The van der Waals surface area contributed by atoms with Crippen LogP contribution >= 0.6 is 0 Å². The van der Waals surface area contributed by atoms with E-state index in [1.807, 2.05) is 4.90 Å². The number of amides is 1. The van der Waals surface area contributed by atoms with Crippen LogP contribution < -0.4 is 5.32 Å². The maximum Gasteiger partial charge on any atom is 0.240 e. The Labute approximate surface area is 98.0 Å². The number of likely N-dealkylation sites (tertiary alicyclic amines) is 1. The van der Waals surface area contributed by atoms with Crippen LogP contribution in [-0.4, -0.2) is 61.0 Å². The molecule has 0 aromatic carbocycles. The number of carbonyl (C=O) groups excluding carboxylic acids is 1. The maximum absolute atomic E-state index is 12.4. The lowest BCUT2D eigenvalue weighted by atomic mass is 10.1. The molecule has 1 unspecified atom stereocenters. The van der Waals surface area contributed by atoms with Gasteiger partial charge in [0.05, 0.1) is 6.04 Å². The summed E-state index contributed by atoms with van der Waals surface area (Å²) in [5, 5.41) is 3.29. The third-order valence-electron chi connectivity index (χ3n) is 3.68. The molecule has 2 fully saturated rings. The van der Waals surface area contributed by atoms with E-state index >= 15 is 0 Å². The molecule has 2 saturated heterocycles. The smallest absolute Gasteiger partial charge is 0.240 e. The molecule has 0 aliphatic carbocycles. The van der Waals surface area contributed by atoms with Crippen LogP contribution in [0.2, 0.25) is 0 Å². The van der Waals surface area contributed by atoms with Crippen molar-refractivity contribution >= 4 is 5.91 Å². The first-order valence-corrected chi connectivity index (χ1v) is 6.56. The lowest BCUT2D eigenvalue weighted by molar-refractivity contribution is -0.137. The SMILES string of the molecule is CCC(C(=O)N1CCNCC1)N1CCCC1. The molecule has 1 N–H and O–H groups in total. The predicted octanol–water partition coefficient (Wildman–Crippen LogP) is 0.293. The number of hydrogen-bond donors (Lipinski definition) is 1. The lowest BCUT2D eigenvalue weighted by Gasteiger charge is -2.34. The van der Waals surface area contributed by atoms with Crippen molar-refractivity contribution in [1.82, 2.24) is 15.1 Å². The standard InChI is InChI=1S/C12H23N3O/c1-2-11(14-7-3-4-8-14)12(16)15-9-5-13-6-10-15/h11,13H,2-10H2,1H3. The highest BCUT2D eigenvalue weighted by Crippen LogP contribution is 2.16. The van der Waals surface area contributed by atoms with Gasteiger partial charge in [0, 0.05) is 26.2 Å². The van der Waals surface area contributed by atoms with Gasteiger partial charge in [-0.05, 0) is 32.4 Å². The molecule has 1 atom stereocenters. The molecule has 4 nitrogen and oxygen atoms in total. The van der Waals surface area contributed by atoms with Gasteiger partial charge >= 0.3 is 0 Å². The van der Waals surface area contributed by atoms with Gasteiger partial charge in [-0.1, -0.05) is 6.92 Å². The van der Waals surface area contributed by atoms with E-state index in [1.165, 1.54) is 12.8 Å². The molecule has 0 radical (unpaired) electrons. The maximum atomic E-state index is 12.4. The van der Waals surface area contributed by atoms with Gasteiger partial charge in [0.1, 0.15) is 0 Å². The fourth-order valence-corrected chi connectivity index (χ4v) is 2.74. The fraction of sp³-hybridized carbons (Fsp3) is 0.917. The highest BCUT2D eigenvalue weighted by molar-refractivity contribution is 5.82. The summed E-state index contributed by atoms with van der Waals surface area (Å²) in [5.74, 6) is 0.353. The molecule has 2 rings (SSSR count). The van der Waals surface area contributed by atoms with Crippen LogP contribution in [0.4, 0.5) is 0 Å². The summed E-state index contributed by atoms with van der Waals surface area (Å²) < 4.78 is 0. The van der Waals surface area contributed by atoms with Gasteiger partial charge in [0.25, 0.3) is 0 Å². The largest absolute Gasteiger partial charge is 0.339 e. The van der Waals surface area contributed by atoms with Gasteiger partial charge in [0.15, 0.2) is 0 Å². The van der Waals surface area contributed by atoms with Crippen molar-refractivity contribution in [3.63, 3.8) is 0 Å². The van der Waals surface area contributed by atoms with Crippen molar-refractivity contribution < 1.29 is 4.79 Å². The summed E-state index contributed by atoms with van der Waals surface area (Å²) in [5.41, 5.74) is 0. The first-order chi connectivity index (χ1) is 7.83. The van der Waals surface area contributed by atoms with Gasteiger partial charge in [0.2, 0.25) is 5.91 Å². The summed E-state index contributed by atoms with van der Waals surface area (Å²) in [4.78, 5) is 16.8. The van der Waals surface area contributed by atoms with E-state index in [9.17, 15) is 4.79 Å². The van der Waals surface area contributed by atoms with E-state index < -0.39 is 0 Å². The number of nitrogens with zero attached hydrogens (tertiary/aromatic N) is 2. The van der Waals surface area contributed by atoms with Crippen LogP contribution in [0.1, 0.15) is 26.2 Å². The zero-order valence-corrected chi connectivity index (χ0v) is 10.2. The van der Waals surface area contributed by atoms with E-state index in [-0.39, 0.29) is 6.04 Å². The van der Waals surface area contributed by atoms with Crippen molar-refractivity contribution in [2.75, 3.05) is 39.3 Å². The third kappa shape index (κ3) is 2.55. The monoisotopic (exact) mass is 225 g/mol.